The highest BCUT2D eigenvalue weighted by Gasteiger charge is 2.14. The molecule has 0 aliphatic rings. The molecule has 0 aliphatic carbocycles. The Hall–Kier alpha value is -2.20. The lowest BCUT2D eigenvalue weighted by Crippen LogP contribution is -2.14. The van der Waals surface area contributed by atoms with Crippen LogP contribution in [0.1, 0.15) is 15.9 Å². The zero-order chi connectivity index (χ0) is 14.7. The van der Waals surface area contributed by atoms with Crippen LogP contribution in [-0.2, 0) is 0 Å². The first-order valence-electron chi connectivity index (χ1n) is 6.02. The van der Waals surface area contributed by atoms with Crippen molar-refractivity contribution in [3.63, 3.8) is 0 Å². The summed E-state index contributed by atoms with van der Waals surface area (Å²) in [5, 5.41) is 3.17. The third-order valence-electron chi connectivity index (χ3n) is 2.84. The molecule has 0 saturated heterocycles. The van der Waals surface area contributed by atoms with Gasteiger partial charge in [0.15, 0.2) is 0 Å². The number of carbonyl (C=O) groups is 1. The molecule has 0 saturated carbocycles. The largest absolute Gasteiger partial charge is 0.496 e. The number of anilines is 2. The number of hydrogen-bond donors (Lipinski definition) is 2. The molecule has 4 nitrogen and oxygen atoms in total. The predicted octanol–water partition coefficient (Wildman–Crippen LogP) is 3.49. The number of amides is 1. The van der Waals surface area contributed by atoms with E-state index in [2.05, 4.69) is 5.32 Å². The number of nitrogens with one attached hydrogen (secondary N) is 1. The SMILES string of the molecule is COc1ccc(C)cc1C(=O)Nc1cc(N)ccc1Cl. The van der Waals surface area contributed by atoms with Crippen LogP contribution in [0.15, 0.2) is 36.4 Å². The second kappa shape index (κ2) is 5.84. The van der Waals surface area contributed by atoms with Gasteiger partial charge in [0.05, 0.1) is 23.4 Å². The number of halogens is 1. The van der Waals surface area contributed by atoms with Crippen LogP contribution in [0.2, 0.25) is 5.02 Å². The van der Waals surface area contributed by atoms with Crippen LogP contribution in [0, 0.1) is 6.92 Å². The second-order valence-corrected chi connectivity index (χ2v) is 4.80. The third-order valence-corrected chi connectivity index (χ3v) is 3.17. The van der Waals surface area contributed by atoms with E-state index in [4.69, 9.17) is 22.1 Å². The molecular weight excluding hydrogens is 276 g/mol. The Labute approximate surface area is 122 Å². The van der Waals surface area contributed by atoms with Crippen molar-refractivity contribution in [2.24, 2.45) is 0 Å². The Morgan fingerprint density at radius 1 is 1.25 bits per heavy atom. The highest BCUT2D eigenvalue weighted by atomic mass is 35.5. The number of methoxy groups -OCH3 is 1. The van der Waals surface area contributed by atoms with Gasteiger partial charge in [-0.2, -0.15) is 0 Å². The highest BCUT2D eigenvalue weighted by molar-refractivity contribution is 6.34. The molecular formula is C15H15ClN2O2. The summed E-state index contributed by atoms with van der Waals surface area (Å²) in [5.74, 6) is 0.214. The minimum atomic E-state index is -0.293. The summed E-state index contributed by atoms with van der Waals surface area (Å²) in [4.78, 5) is 12.3. The van der Waals surface area contributed by atoms with Gasteiger partial charge in [0.1, 0.15) is 5.75 Å². The maximum Gasteiger partial charge on any atom is 0.259 e. The lowest BCUT2D eigenvalue weighted by atomic mass is 10.1. The van der Waals surface area contributed by atoms with Crippen molar-refractivity contribution >= 4 is 28.9 Å². The normalized spacial score (nSPS) is 10.2. The summed E-state index contributed by atoms with van der Waals surface area (Å²) in [7, 11) is 1.52. The Morgan fingerprint density at radius 3 is 2.70 bits per heavy atom. The molecule has 0 atom stereocenters. The van der Waals surface area contributed by atoms with Gasteiger partial charge in [-0.3, -0.25) is 4.79 Å². The summed E-state index contributed by atoms with van der Waals surface area (Å²) in [6.07, 6.45) is 0. The highest BCUT2D eigenvalue weighted by Crippen LogP contribution is 2.26. The van der Waals surface area contributed by atoms with Crippen molar-refractivity contribution in [1.82, 2.24) is 0 Å². The van der Waals surface area contributed by atoms with Crippen molar-refractivity contribution in [3.8, 4) is 5.75 Å². The summed E-state index contributed by atoms with van der Waals surface area (Å²) in [6, 6.07) is 10.3. The molecule has 2 aromatic rings. The maximum absolute atomic E-state index is 12.3. The van der Waals surface area contributed by atoms with Crippen molar-refractivity contribution in [1.29, 1.82) is 0 Å². The number of hydrogen-bond acceptors (Lipinski definition) is 3. The van der Waals surface area contributed by atoms with Gasteiger partial charge >= 0.3 is 0 Å². The number of aryl methyl sites for hydroxylation is 1. The number of ether oxygens (including phenoxy) is 1. The molecule has 2 rings (SSSR count). The Bertz CT molecular complexity index is 656. The van der Waals surface area contributed by atoms with Crippen LogP contribution in [-0.4, -0.2) is 13.0 Å². The van der Waals surface area contributed by atoms with Gasteiger partial charge in [0.25, 0.3) is 5.91 Å². The van der Waals surface area contributed by atoms with Crippen LogP contribution >= 0.6 is 11.6 Å². The van der Waals surface area contributed by atoms with E-state index in [-0.39, 0.29) is 5.91 Å². The van der Waals surface area contributed by atoms with E-state index >= 15 is 0 Å². The number of carbonyl (C=O) groups excluding carboxylic acids is 1. The van der Waals surface area contributed by atoms with Crippen LogP contribution in [0.25, 0.3) is 0 Å². The molecule has 20 heavy (non-hydrogen) atoms. The summed E-state index contributed by atoms with van der Waals surface area (Å²) < 4.78 is 5.19. The van der Waals surface area contributed by atoms with Gasteiger partial charge < -0.3 is 15.8 Å². The average molecular weight is 291 g/mol. The maximum atomic E-state index is 12.3. The van der Waals surface area contributed by atoms with Crippen molar-refractivity contribution in [3.05, 3.63) is 52.5 Å². The zero-order valence-electron chi connectivity index (χ0n) is 11.2. The van der Waals surface area contributed by atoms with Crippen LogP contribution in [0.5, 0.6) is 5.75 Å². The lowest BCUT2D eigenvalue weighted by molar-refractivity contribution is 0.102. The monoisotopic (exact) mass is 290 g/mol. The van der Waals surface area contributed by atoms with E-state index in [0.717, 1.165) is 5.56 Å². The standard InChI is InChI=1S/C15H15ClN2O2/c1-9-3-6-14(20-2)11(7-9)15(19)18-13-8-10(17)4-5-12(13)16/h3-8H,17H2,1-2H3,(H,18,19). The molecule has 0 unspecified atom stereocenters. The first-order chi connectivity index (χ1) is 9.51. The van der Waals surface area contributed by atoms with E-state index < -0.39 is 0 Å². The molecule has 0 fully saturated rings. The van der Waals surface area contributed by atoms with Crippen LogP contribution in [0.4, 0.5) is 11.4 Å². The van der Waals surface area contributed by atoms with Gasteiger partial charge in [-0.25, -0.2) is 0 Å². The molecule has 0 spiro atoms. The minimum absolute atomic E-state index is 0.293. The zero-order valence-corrected chi connectivity index (χ0v) is 12.0. The number of rotatable bonds is 3. The van der Waals surface area contributed by atoms with E-state index in [1.54, 1.807) is 30.3 Å². The molecule has 104 valence electrons. The molecule has 2 aromatic carbocycles. The average Bonchev–Trinajstić information content (AvgIpc) is 2.42. The van der Waals surface area contributed by atoms with E-state index in [1.807, 2.05) is 13.0 Å². The molecule has 0 aromatic heterocycles. The Kier molecular flexibility index (Phi) is 4.15. The summed E-state index contributed by atoms with van der Waals surface area (Å²) in [6.45, 7) is 1.91. The van der Waals surface area contributed by atoms with Crippen molar-refractivity contribution < 1.29 is 9.53 Å². The van der Waals surface area contributed by atoms with Crippen LogP contribution in [0.3, 0.4) is 0 Å². The molecule has 1 amide bonds. The molecule has 0 bridgehead atoms. The lowest BCUT2D eigenvalue weighted by Gasteiger charge is -2.11. The van der Waals surface area contributed by atoms with Gasteiger partial charge in [-0.15, -0.1) is 0 Å². The fraction of sp³-hybridized carbons (Fsp3) is 0.133. The smallest absolute Gasteiger partial charge is 0.259 e. The number of benzene rings is 2. The first-order valence-corrected chi connectivity index (χ1v) is 6.40. The molecule has 0 heterocycles. The Balaban J connectivity index is 2.32. The van der Waals surface area contributed by atoms with Gasteiger partial charge in [-0.1, -0.05) is 23.2 Å². The quantitative estimate of drug-likeness (QED) is 0.851. The fourth-order valence-electron chi connectivity index (χ4n) is 1.83. The van der Waals surface area contributed by atoms with Gasteiger partial charge in [0.2, 0.25) is 0 Å². The van der Waals surface area contributed by atoms with Crippen molar-refractivity contribution in [2.45, 2.75) is 6.92 Å². The molecule has 3 N–H and O–H groups in total. The second-order valence-electron chi connectivity index (χ2n) is 4.40. The molecule has 0 aliphatic heterocycles. The summed E-state index contributed by atoms with van der Waals surface area (Å²) in [5.41, 5.74) is 8.11. The summed E-state index contributed by atoms with van der Waals surface area (Å²) >= 11 is 6.03. The van der Waals surface area contributed by atoms with E-state index in [0.29, 0.717) is 27.7 Å². The predicted molar refractivity (Wildman–Crippen MR) is 81.5 cm³/mol. The van der Waals surface area contributed by atoms with E-state index in [1.165, 1.54) is 7.11 Å². The third kappa shape index (κ3) is 3.03. The molecule has 0 radical (unpaired) electrons. The topological polar surface area (TPSA) is 64.3 Å². The first kappa shape index (κ1) is 14.2. The molecule has 5 heteroatoms. The van der Waals surface area contributed by atoms with Crippen LogP contribution < -0.4 is 15.8 Å². The number of nitrogen functional groups attached to an aromatic ring is 1. The van der Waals surface area contributed by atoms with Crippen molar-refractivity contribution in [2.75, 3.05) is 18.2 Å². The van der Waals surface area contributed by atoms with Gasteiger partial charge in [0, 0.05) is 5.69 Å². The minimum Gasteiger partial charge on any atom is -0.496 e. The van der Waals surface area contributed by atoms with Gasteiger partial charge in [-0.05, 0) is 37.3 Å². The Morgan fingerprint density at radius 2 is 2.00 bits per heavy atom. The number of nitrogens with two attached hydrogens (primary N) is 1. The van der Waals surface area contributed by atoms with E-state index in [9.17, 15) is 4.79 Å². The fourth-order valence-corrected chi connectivity index (χ4v) is 1.99.